The van der Waals surface area contributed by atoms with Crippen LogP contribution in [0.1, 0.15) is 13.3 Å². The van der Waals surface area contributed by atoms with E-state index in [0.29, 0.717) is 29.1 Å². The number of nitrogens with one attached hydrogen (secondary N) is 1. The van der Waals surface area contributed by atoms with Gasteiger partial charge in [-0.2, -0.15) is 4.31 Å². The summed E-state index contributed by atoms with van der Waals surface area (Å²) in [5.74, 6) is 0.664. The first kappa shape index (κ1) is 20.5. The van der Waals surface area contributed by atoms with Crippen molar-refractivity contribution in [3.63, 3.8) is 0 Å². The standard InChI is InChI=1S/C17H27N3O3S.ClH/c1-17(7-8-18-13-17)14-19-9-11-20(12-10-19)24(21,22)16-5-3-15(23-2)4-6-16;/h3-6,18H,7-14H2,1-2H3;1H. The van der Waals surface area contributed by atoms with Crippen molar-refractivity contribution < 1.29 is 13.2 Å². The Morgan fingerprint density at radius 3 is 2.32 bits per heavy atom. The largest absolute Gasteiger partial charge is 0.497 e. The summed E-state index contributed by atoms with van der Waals surface area (Å²) in [5, 5.41) is 3.42. The van der Waals surface area contributed by atoms with Gasteiger partial charge in [0.25, 0.3) is 0 Å². The molecule has 25 heavy (non-hydrogen) atoms. The molecule has 8 heteroatoms. The topological polar surface area (TPSA) is 61.9 Å². The minimum atomic E-state index is -3.41. The predicted molar refractivity (Wildman–Crippen MR) is 101 cm³/mol. The van der Waals surface area contributed by atoms with Gasteiger partial charge in [0.2, 0.25) is 10.0 Å². The quantitative estimate of drug-likeness (QED) is 0.825. The van der Waals surface area contributed by atoms with Crippen molar-refractivity contribution in [3.05, 3.63) is 24.3 Å². The molecule has 0 aliphatic carbocycles. The van der Waals surface area contributed by atoms with Crippen LogP contribution in [0.2, 0.25) is 0 Å². The SMILES string of the molecule is COc1ccc(S(=O)(=O)N2CCN(CC3(C)CCNC3)CC2)cc1.Cl. The molecule has 2 saturated heterocycles. The van der Waals surface area contributed by atoms with E-state index in [9.17, 15) is 8.42 Å². The zero-order valence-corrected chi connectivity index (χ0v) is 16.5. The Labute approximate surface area is 157 Å². The van der Waals surface area contributed by atoms with Crippen LogP contribution in [0.5, 0.6) is 5.75 Å². The average Bonchev–Trinajstić information content (AvgIpc) is 3.01. The fourth-order valence-corrected chi connectivity index (χ4v) is 4.99. The lowest BCUT2D eigenvalue weighted by atomic mass is 9.89. The van der Waals surface area contributed by atoms with Crippen LogP contribution in [-0.4, -0.2) is 70.5 Å². The van der Waals surface area contributed by atoms with Crippen molar-refractivity contribution in [2.45, 2.75) is 18.2 Å². The minimum absolute atomic E-state index is 0. The molecular formula is C17H28ClN3O3S. The molecule has 6 nitrogen and oxygen atoms in total. The first-order chi connectivity index (χ1) is 11.4. The molecule has 0 saturated carbocycles. The van der Waals surface area contributed by atoms with Gasteiger partial charge in [-0.05, 0) is 42.6 Å². The first-order valence-electron chi connectivity index (χ1n) is 8.50. The second-order valence-corrected chi connectivity index (χ2v) is 9.03. The molecule has 0 bridgehead atoms. The second kappa shape index (κ2) is 8.22. The fraction of sp³-hybridized carbons (Fsp3) is 0.647. The molecule has 1 aromatic carbocycles. The lowest BCUT2D eigenvalue weighted by Gasteiger charge is -2.38. The molecule has 142 valence electrons. The Hall–Kier alpha value is -0.860. The number of methoxy groups -OCH3 is 1. The van der Waals surface area contributed by atoms with E-state index in [1.54, 1.807) is 35.7 Å². The van der Waals surface area contributed by atoms with Gasteiger partial charge in [-0.25, -0.2) is 8.42 Å². The second-order valence-electron chi connectivity index (χ2n) is 7.09. The third-order valence-electron chi connectivity index (χ3n) is 5.09. The summed E-state index contributed by atoms with van der Waals surface area (Å²) >= 11 is 0. The van der Waals surface area contributed by atoms with Crippen molar-refractivity contribution in [2.75, 3.05) is 52.9 Å². The highest BCUT2D eigenvalue weighted by Gasteiger charge is 2.34. The summed E-state index contributed by atoms with van der Waals surface area (Å²) in [6, 6.07) is 6.62. The molecule has 2 aliphatic rings. The molecule has 1 aromatic rings. The molecule has 2 fully saturated rings. The molecular weight excluding hydrogens is 362 g/mol. The number of hydrogen-bond donors (Lipinski definition) is 1. The van der Waals surface area contributed by atoms with Crippen LogP contribution in [0.4, 0.5) is 0 Å². The maximum atomic E-state index is 12.8. The summed E-state index contributed by atoms with van der Waals surface area (Å²) in [7, 11) is -1.84. The summed E-state index contributed by atoms with van der Waals surface area (Å²) in [4.78, 5) is 2.73. The van der Waals surface area contributed by atoms with E-state index in [1.165, 1.54) is 6.42 Å². The lowest BCUT2D eigenvalue weighted by Crippen LogP contribution is -2.51. The average molecular weight is 390 g/mol. The van der Waals surface area contributed by atoms with Crippen LogP contribution in [0.15, 0.2) is 29.2 Å². The van der Waals surface area contributed by atoms with Crippen LogP contribution in [0, 0.1) is 5.41 Å². The fourth-order valence-electron chi connectivity index (χ4n) is 3.57. The number of benzene rings is 1. The molecule has 1 N–H and O–H groups in total. The van der Waals surface area contributed by atoms with E-state index in [-0.39, 0.29) is 12.4 Å². The number of ether oxygens (including phenoxy) is 1. The molecule has 2 aliphatic heterocycles. The van der Waals surface area contributed by atoms with Crippen LogP contribution in [0.3, 0.4) is 0 Å². The Balaban J connectivity index is 0.00000225. The number of hydrogen-bond acceptors (Lipinski definition) is 5. The number of halogens is 1. The molecule has 2 heterocycles. The maximum Gasteiger partial charge on any atom is 0.243 e. The number of piperazine rings is 1. The van der Waals surface area contributed by atoms with E-state index >= 15 is 0 Å². The van der Waals surface area contributed by atoms with E-state index in [0.717, 1.165) is 32.7 Å². The van der Waals surface area contributed by atoms with Crippen LogP contribution < -0.4 is 10.1 Å². The molecule has 0 aromatic heterocycles. The van der Waals surface area contributed by atoms with E-state index in [2.05, 4.69) is 17.1 Å². The highest BCUT2D eigenvalue weighted by molar-refractivity contribution is 7.89. The van der Waals surface area contributed by atoms with Gasteiger partial charge in [-0.15, -0.1) is 12.4 Å². The smallest absolute Gasteiger partial charge is 0.243 e. The Morgan fingerprint density at radius 2 is 1.80 bits per heavy atom. The zero-order valence-electron chi connectivity index (χ0n) is 14.9. The third-order valence-corrected chi connectivity index (χ3v) is 7.00. The molecule has 0 spiro atoms. The summed E-state index contributed by atoms with van der Waals surface area (Å²) in [6.07, 6.45) is 1.19. The van der Waals surface area contributed by atoms with Crippen LogP contribution in [0.25, 0.3) is 0 Å². The highest BCUT2D eigenvalue weighted by atomic mass is 35.5. The van der Waals surface area contributed by atoms with Gasteiger partial charge < -0.3 is 15.0 Å². The lowest BCUT2D eigenvalue weighted by molar-refractivity contribution is 0.132. The molecule has 0 radical (unpaired) electrons. The van der Waals surface area contributed by atoms with Crippen molar-refractivity contribution in [1.29, 1.82) is 0 Å². The van der Waals surface area contributed by atoms with E-state index in [4.69, 9.17) is 4.74 Å². The van der Waals surface area contributed by atoms with Gasteiger partial charge in [0.1, 0.15) is 5.75 Å². The van der Waals surface area contributed by atoms with Gasteiger partial charge in [0, 0.05) is 39.3 Å². The Bertz CT molecular complexity index is 652. The van der Waals surface area contributed by atoms with Crippen LogP contribution in [-0.2, 0) is 10.0 Å². The molecule has 1 atom stereocenters. The van der Waals surface area contributed by atoms with Crippen LogP contribution >= 0.6 is 12.4 Å². The predicted octanol–water partition coefficient (Wildman–Crippen LogP) is 1.42. The van der Waals surface area contributed by atoms with Crippen molar-refractivity contribution in [1.82, 2.24) is 14.5 Å². The third kappa shape index (κ3) is 4.65. The summed E-state index contributed by atoms with van der Waals surface area (Å²) in [6.45, 7) is 8.19. The number of rotatable bonds is 5. The van der Waals surface area contributed by atoms with Gasteiger partial charge in [-0.3, -0.25) is 0 Å². The van der Waals surface area contributed by atoms with E-state index < -0.39 is 10.0 Å². The zero-order chi connectivity index (χ0) is 17.2. The van der Waals surface area contributed by atoms with Crippen molar-refractivity contribution in [2.24, 2.45) is 5.41 Å². The molecule has 1 unspecified atom stereocenters. The van der Waals surface area contributed by atoms with Crippen molar-refractivity contribution in [3.8, 4) is 5.75 Å². The number of nitrogens with zero attached hydrogens (tertiary/aromatic N) is 2. The van der Waals surface area contributed by atoms with Gasteiger partial charge in [-0.1, -0.05) is 6.92 Å². The molecule has 3 rings (SSSR count). The van der Waals surface area contributed by atoms with E-state index in [1.807, 2.05) is 0 Å². The number of sulfonamides is 1. The Morgan fingerprint density at radius 1 is 1.16 bits per heavy atom. The summed E-state index contributed by atoms with van der Waals surface area (Å²) < 4.78 is 32.2. The summed E-state index contributed by atoms with van der Waals surface area (Å²) in [5.41, 5.74) is 0.316. The minimum Gasteiger partial charge on any atom is -0.497 e. The Kier molecular flexibility index (Phi) is 6.73. The van der Waals surface area contributed by atoms with Gasteiger partial charge in [0.15, 0.2) is 0 Å². The first-order valence-corrected chi connectivity index (χ1v) is 9.94. The van der Waals surface area contributed by atoms with Gasteiger partial charge >= 0.3 is 0 Å². The maximum absolute atomic E-state index is 12.8. The van der Waals surface area contributed by atoms with Crippen molar-refractivity contribution >= 4 is 22.4 Å². The monoisotopic (exact) mass is 389 g/mol. The van der Waals surface area contributed by atoms with Gasteiger partial charge in [0.05, 0.1) is 12.0 Å². The highest BCUT2D eigenvalue weighted by Crippen LogP contribution is 2.27. The molecule has 0 amide bonds. The normalized spacial score (nSPS) is 25.5.